The SMILES string of the molecule is CCOC(=O)[C@H]1[C@H]2C(=O)N([C@@H](CO)[C@@H](C)CC)[C@H](C(=O)NCc3ccccc3)[C@H]2C=C[C@H]1C. The van der Waals surface area contributed by atoms with Gasteiger partial charge in [0.1, 0.15) is 6.04 Å². The number of carbonyl (C=O) groups is 3. The van der Waals surface area contributed by atoms with Crippen LogP contribution < -0.4 is 5.32 Å². The minimum atomic E-state index is -0.793. The molecule has 3 rings (SSSR count). The predicted molar refractivity (Wildman–Crippen MR) is 125 cm³/mol. The Morgan fingerprint density at radius 2 is 1.88 bits per heavy atom. The molecule has 0 spiro atoms. The average molecular weight is 457 g/mol. The number of aliphatic hydroxyl groups excluding tert-OH is 1. The Balaban J connectivity index is 1.97. The fraction of sp³-hybridized carbons (Fsp3) is 0.577. The number of hydrogen-bond acceptors (Lipinski definition) is 5. The number of ether oxygens (including phenoxy) is 1. The number of nitrogens with one attached hydrogen (secondary N) is 1. The van der Waals surface area contributed by atoms with Crippen molar-refractivity contribution in [3.8, 4) is 0 Å². The summed E-state index contributed by atoms with van der Waals surface area (Å²) in [7, 11) is 0. The van der Waals surface area contributed by atoms with Gasteiger partial charge in [0.25, 0.3) is 0 Å². The monoisotopic (exact) mass is 456 g/mol. The zero-order valence-corrected chi connectivity index (χ0v) is 19.9. The number of allylic oxidation sites excluding steroid dienone is 1. The summed E-state index contributed by atoms with van der Waals surface area (Å²) in [5.41, 5.74) is 0.955. The standard InChI is InChI=1S/C26H36N2O5/c1-5-16(3)20(15-29)28-23(24(30)27-14-18-10-8-7-9-11-18)19-13-12-17(4)21(22(19)25(28)31)26(32)33-6-2/h7-13,16-17,19-23,29H,5-6,14-15H2,1-4H3,(H,27,30)/t16-,17+,19-,20-,21+,22-,23-/m0/s1. The molecular weight excluding hydrogens is 420 g/mol. The first kappa shape index (κ1) is 25.0. The molecule has 0 saturated carbocycles. The number of esters is 1. The van der Waals surface area contributed by atoms with E-state index in [1.165, 1.54) is 0 Å². The van der Waals surface area contributed by atoms with Crippen molar-refractivity contribution in [3.05, 3.63) is 48.0 Å². The van der Waals surface area contributed by atoms with Gasteiger partial charge in [-0.2, -0.15) is 0 Å². The van der Waals surface area contributed by atoms with Crippen LogP contribution in [0.5, 0.6) is 0 Å². The van der Waals surface area contributed by atoms with Crippen LogP contribution in [0.4, 0.5) is 0 Å². The molecule has 33 heavy (non-hydrogen) atoms. The van der Waals surface area contributed by atoms with E-state index in [0.29, 0.717) is 6.54 Å². The maximum absolute atomic E-state index is 13.8. The fourth-order valence-corrected chi connectivity index (χ4v) is 5.20. The van der Waals surface area contributed by atoms with Crippen LogP contribution in [0.2, 0.25) is 0 Å². The number of nitrogens with zero attached hydrogens (tertiary/aromatic N) is 1. The highest BCUT2D eigenvalue weighted by Gasteiger charge is 2.58. The van der Waals surface area contributed by atoms with Gasteiger partial charge in [-0.05, 0) is 24.3 Å². The Bertz CT molecular complexity index is 871. The van der Waals surface area contributed by atoms with Gasteiger partial charge in [-0.1, -0.05) is 69.7 Å². The molecule has 1 aliphatic heterocycles. The minimum Gasteiger partial charge on any atom is -0.466 e. The van der Waals surface area contributed by atoms with E-state index in [1.54, 1.807) is 11.8 Å². The van der Waals surface area contributed by atoms with Crippen molar-refractivity contribution >= 4 is 17.8 Å². The van der Waals surface area contributed by atoms with E-state index < -0.39 is 35.8 Å². The second-order valence-electron chi connectivity index (χ2n) is 9.15. The van der Waals surface area contributed by atoms with Gasteiger partial charge in [-0.15, -0.1) is 0 Å². The van der Waals surface area contributed by atoms with Crippen molar-refractivity contribution < 1.29 is 24.2 Å². The normalized spacial score (nSPS) is 28.2. The van der Waals surface area contributed by atoms with E-state index in [4.69, 9.17) is 4.74 Å². The van der Waals surface area contributed by atoms with Gasteiger partial charge in [0.2, 0.25) is 11.8 Å². The maximum Gasteiger partial charge on any atom is 0.310 e. The van der Waals surface area contributed by atoms with Gasteiger partial charge in [0, 0.05) is 12.5 Å². The Labute approximate surface area is 196 Å². The highest BCUT2D eigenvalue weighted by Crippen LogP contribution is 2.45. The van der Waals surface area contributed by atoms with E-state index in [0.717, 1.165) is 12.0 Å². The molecule has 1 heterocycles. The highest BCUT2D eigenvalue weighted by atomic mass is 16.5. The average Bonchev–Trinajstić information content (AvgIpc) is 3.10. The van der Waals surface area contributed by atoms with Crippen LogP contribution in [-0.4, -0.2) is 53.1 Å². The van der Waals surface area contributed by atoms with E-state index in [-0.39, 0.29) is 36.9 Å². The Hall–Kier alpha value is -2.67. The number of rotatable bonds is 9. The zero-order chi connectivity index (χ0) is 24.1. The smallest absolute Gasteiger partial charge is 0.310 e. The second-order valence-corrected chi connectivity index (χ2v) is 9.15. The van der Waals surface area contributed by atoms with Crippen LogP contribution in [0.1, 0.15) is 39.7 Å². The van der Waals surface area contributed by atoms with Crippen molar-refractivity contribution in [2.45, 2.75) is 52.7 Å². The van der Waals surface area contributed by atoms with Crippen LogP contribution in [0.15, 0.2) is 42.5 Å². The molecule has 0 unspecified atom stereocenters. The molecule has 2 amide bonds. The van der Waals surface area contributed by atoms with Gasteiger partial charge >= 0.3 is 5.97 Å². The van der Waals surface area contributed by atoms with Crippen molar-refractivity contribution in [1.29, 1.82) is 0 Å². The van der Waals surface area contributed by atoms with Gasteiger partial charge in [0.15, 0.2) is 0 Å². The van der Waals surface area contributed by atoms with Gasteiger partial charge < -0.3 is 20.1 Å². The molecule has 1 aliphatic carbocycles. The molecule has 1 fully saturated rings. The van der Waals surface area contributed by atoms with Crippen molar-refractivity contribution in [2.75, 3.05) is 13.2 Å². The fourth-order valence-electron chi connectivity index (χ4n) is 5.20. The third-order valence-corrected chi connectivity index (χ3v) is 7.19. The number of carbonyl (C=O) groups excluding carboxylic acids is 3. The number of aliphatic hydroxyl groups is 1. The third kappa shape index (κ3) is 4.98. The summed E-state index contributed by atoms with van der Waals surface area (Å²) in [6, 6.07) is 8.27. The van der Waals surface area contributed by atoms with Crippen LogP contribution >= 0.6 is 0 Å². The van der Waals surface area contributed by atoms with Gasteiger partial charge in [-0.3, -0.25) is 14.4 Å². The summed E-state index contributed by atoms with van der Waals surface area (Å²) in [5.74, 6) is -2.93. The molecule has 7 nitrogen and oxygen atoms in total. The minimum absolute atomic E-state index is 0.00836. The first-order valence-corrected chi connectivity index (χ1v) is 11.9. The lowest BCUT2D eigenvalue weighted by Crippen LogP contribution is -2.54. The molecule has 2 aliphatic rings. The zero-order valence-electron chi connectivity index (χ0n) is 19.9. The predicted octanol–water partition coefficient (Wildman–Crippen LogP) is 2.54. The number of benzene rings is 1. The van der Waals surface area contributed by atoms with E-state index in [1.807, 2.05) is 63.3 Å². The molecule has 0 aromatic heterocycles. The van der Waals surface area contributed by atoms with Crippen LogP contribution in [0.3, 0.4) is 0 Å². The molecule has 1 aromatic rings. The summed E-state index contributed by atoms with van der Waals surface area (Å²) in [6.07, 6.45) is 4.56. The number of amides is 2. The molecule has 180 valence electrons. The van der Waals surface area contributed by atoms with Crippen molar-refractivity contribution in [2.24, 2.45) is 29.6 Å². The molecule has 7 atom stereocenters. The molecular formula is C26H36N2O5. The lowest BCUT2D eigenvalue weighted by Gasteiger charge is -2.36. The summed E-state index contributed by atoms with van der Waals surface area (Å²) >= 11 is 0. The molecule has 2 N–H and O–H groups in total. The third-order valence-electron chi connectivity index (χ3n) is 7.19. The van der Waals surface area contributed by atoms with E-state index in [2.05, 4.69) is 5.32 Å². The topological polar surface area (TPSA) is 95.9 Å². The molecule has 0 radical (unpaired) electrons. The lowest BCUT2D eigenvalue weighted by molar-refractivity contribution is -0.156. The molecule has 0 bridgehead atoms. The van der Waals surface area contributed by atoms with Gasteiger partial charge in [-0.25, -0.2) is 0 Å². The second kappa shape index (κ2) is 11.0. The van der Waals surface area contributed by atoms with Crippen molar-refractivity contribution in [3.63, 3.8) is 0 Å². The lowest BCUT2D eigenvalue weighted by atomic mass is 9.70. The molecule has 1 aromatic carbocycles. The number of fused-ring (bicyclic) bond motifs is 1. The van der Waals surface area contributed by atoms with Crippen LogP contribution in [0.25, 0.3) is 0 Å². The molecule has 7 heteroatoms. The van der Waals surface area contributed by atoms with E-state index >= 15 is 0 Å². The largest absolute Gasteiger partial charge is 0.466 e. The quantitative estimate of drug-likeness (QED) is 0.440. The first-order chi connectivity index (χ1) is 15.8. The summed E-state index contributed by atoms with van der Waals surface area (Å²) in [6.45, 7) is 7.93. The van der Waals surface area contributed by atoms with Crippen molar-refractivity contribution in [1.82, 2.24) is 10.2 Å². The maximum atomic E-state index is 13.8. The number of hydrogen-bond donors (Lipinski definition) is 2. The Morgan fingerprint density at radius 1 is 1.18 bits per heavy atom. The summed E-state index contributed by atoms with van der Waals surface area (Å²) in [5, 5.41) is 13.2. The number of likely N-dealkylation sites (tertiary alicyclic amines) is 1. The summed E-state index contributed by atoms with van der Waals surface area (Å²) in [4.78, 5) is 41.7. The first-order valence-electron chi connectivity index (χ1n) is 11.9. The van der Waals surface area contributed by atoms with Crippen LogP contribution in [-0.2, 0) is 25.7 Å². The Morgan fingerprint density at radius 3 is 2.48 bits per heavy atom. The van der Waals surface area contributed by atoms with Crippen LogP contribution in [0, 0.1) is 29.6 Å². The van der Waals surface area contributed by atoms with Gasteiger partial charge in [0.05, 0.1) is 31.1 Å². The Kier molecular flexibility index (Phi) is 8.30. The molecule has 1 saturated heterocycles. The summed E-state index contributed by atoms with van der Waals surface area (Å²) < 4.78 is 5.31. The highest BCUT2D eigenvalue weighted by molar-refractivity contribution is 5.96. The van der Waals surface area contributed by atoms with E-state index in [9.17, 15) is 19.5 Å².